The van der Waals surface area contributed by atoms with E-state index in [9.17, 15) is 4.79 Å². The molecule has 130 valence electrons. The minimum absolute atomic E-state index is 0.0146. The Kier molecular flexibility index (Phi) is 4.01. The van der Waals surface area contributed by atoms with Crippen LogP contribution in [0.5, 0.6) is 11.5 Å². The topological polar surface area (TPSA) is 74.5 Å². The van der Waals surface area contributed by atoms with Crippen LogP contribution in [0.15, 0.2) is 47.3 Å². The lowest BCUT2D eigenvalue weighted by Gasteiger charge is -2.14. The number of aryl methyl sites for hydroxylation is 1. The Hall–Kier alpha value is -3.41. The Labute approximate surface area is 149 Å². The first kappa shape index (κ1) is 16.1. The highest BCUT2D eigenvalue weighted by Gasteiger charge is 2.19. The van der Waals surface area contributed by atoms with Crippen LogP contribution in [0.1, 0.15) is 24.8 Å². The third-order valence-corrected chi connectivity index (χ3v) is 4.06. The average Bonchev–Trinajstić information content (AvgIpc) is 3.09. The van der Waals surface area contributed by atoms with Crippen molar-refractivity contribution in [3.8, 4) is 22.8 Å². The van der Waals surface area contributed by atoms with Gasteiger partial charge in [-0.3, -0.25) is 4.79 Å². The predicted molar refractivity (Wildman–Crippen MR) is 96.7 cm³/mol. The van der Waals surface area contributed by atoms with Gasteiger partial charge in [-0.25, -0.2) is 0 Å². The number of fused-ring (bicyclic) bond motifs is 2. The molecule has 0 saturated carbocycles. The molecule has 0 amide bonds. The van der Waals surface area contributed by atoms with E-state index in [1.54, 1.807) is 12.1 Å². The average molecular weight is 348 g/mol. The molecule has 0 radical (unpaired) electrons. The molecule has 0 N–H and O–H groups in total. The second kappa shape index (κ2) is 6.48. The molecule has 6 heteroatoms. The SMILES string of the molecule is CCC(=O)/C=C\c1nnc2cc3c(cc2c1-c1ccc(C)o1)OC=CO3. The molecule has 26 heavy (non-hydrogen) atoms. The Morgan fingerprint density at radius 2 is 1.88 bits per heavy atom. The summed E-state index contributed by atoms with van der Waals surface area (Å²) in [4.78, 5) is 11.7. The van der Waals surface area contributed by atoms with Crippen LogP contribution in [-0.2, 0) is 4.79 Å². The van der Waals surface area contributed by atoms with Gasteiger partial charge in [-0.1, -0.05) is 6.92 Å². The third-order valence-electron chi connectivity index (χ3n) is 4.06. The molecule has 0 aliphatic carbocycles. The minimum atomic E-state index is 0.0146. The molecular formula is C20H16N2O4. The van der Waals surface area contributed by atoms with E-state index in [0.29, 0.717) is 34.9 Å². The number of carbonyl (C=O) groups excluding carboxylic acids is 1. The van der Waals surface area contributed by atoms with Gasteiger partial charge in [-0.05, 0) is 37.3 Å². The summed E-state index contributed by atoms with van der Waals surface area (Å²) in [6.45, 7) is 3.69. The number of aromatic nitrogens is 2. The molecular weight excluding hydrogens is 332 g/mol. The molecule has 0 saturated heterocycles. The molecule has 0 bridgehead atoms. The maximum Gasteiger partial charge on any atom is 0.171 e. The van der Waals surface area contributed by atoms with Crippen LogP contribution >= 0.6 is 0 Å². The second-order valence-corrected chi connectivity index (χ2v) is 5.85. The van der Waals surface area contributed by atoms with Gasteiger partial charge in [0.1, 0.15) is 24.0 Å². The number of carbonyl (C=O) groups is 1. The maximum absolute atomic E-state index is 11.7. The fourth-order valence-corrected chi connectivity index (χ4v) is 2.75. The number of nitrogens with zero attached hydrogens (tertiary/aromatic N) is 2. The molecule has 0 fully saturated rings. The van der Waals surface area contributed by atoms with Crippen LogP contribution in [0.3, 0.4) is 0 Å². The predicted octanol–water partition coefficient (Wildman–Crippen LogP) is 4.43. The zero-order valence-electron chi connectivity index (χ0n) is 14.4. The van der Waals surface area contributed by atoms with Crippen molar-refractivity contribution in [2.75, 3.05) is 0 Å². The zero-order valence-corrected chi connectivity index (χ0v) is 14.4. The molecule has 0 atom stereocenters. The van der Waals surface area contributed by atoms with Crippen molar-refractivity contribution in [1.82, 2.24) is 10.2 Å². The number of rotatable bonds is 4. The van der Waals surface area contributed by atoms with Gasteiger partial charge in [-0.15, -0.1) is 10.2 Å². The monoisotopic (exact) mass is 348 g/mol. The van der Waals surface area contributed by atoms with Crippen LogP contribution in [0.2, 0.25) is 0 Å². The minimum Gasteiger partial charge on any atom is -0.461 e. The van der Waals surface area contributed by atoms with E-state index in [0.717, 1.165) is 16.7 Å². The summed E-state index contributed by atoms with van der Waals surface area (Å²) in [7, 11) is 0. The highest BCUT2D eigenvalue weighted by Crippen LogP contribution is 2.39. The Morgan fingerprint density at radius 3 is 2.58 bits per heavy atom. The molecule has 3 heterocycles. The molecule has 4 rings (SSSR count). The molecule has 3 aromatic rings. The largest absolute Gasteiger partial charge is 0.461 e. The van der Waals surface area contributed by atoms with Crippen molar-refractivity contribution in [3.63, 3.8) is 0 Å². The summed E-state index contributed by atoms with van der Waals surface area (Å²) in [5, 5.41) is 9.36. The van der Waals surface area contributed by atoms with Gasteiger partial charge in [-0.2, -0.15) is 0 Å². The zero-order chi connectivity index (χ0) is 18.1. The second-order valence-electron chi connectivity index (χ2n) is 5.85. The van der Waals surface area contributed by atoms with Gasteiger partial charge < -0.3 is 13.9 Å². The Balaban J connectivity index is 1.96. The van der Waals surface area contributed by atoms with E-state index in [4.69, 9.17) is 13.9 Å². The van der Waals surface area contributed by atoms with E-state index >= 15 is 0 Å². The number of benzene rings is 1. The summed E-state index contributed by atoms with van der Waals surface area (Å²) >= 11 is 0. The smallest absolute Gasteiger partial charge is 0.171 e. The number of ketones is 1. The quantitative estimate of drug-likeness (QED) is 0.649. The highest BCUT2D eigenvalue weighted by atomic mass is 16.5. The fourth-order valence-electron chi connectivity index (χ4n) is 2.75. The van der Waals surface area contributed by atoms with Crippen LogP contribution in [0.4, 0.5) is 0 Å². The number of hydrogen-bond acceptors (Lipinski definition) is 6. The van der Waals surface area contributed by atoms with Gasteiger partial charge in [0, 0.05) is 17.9 Å². The first-order valence-corrected chi connectivity index (χ1v) is 8.26. The third kappa shape index (κ3) is 2.86. The van der Waals surface area contributed by atoms with Crippen molar-refractivity contribution in [2.45, 2.75) is 20.3 Å². The van der Waals surface area contributed by atoms with Gasteiger partial charge in [0.05, 0.1) is 16.8 Å². The summed E-state index contributed by atoms with van der Waals surface area (Å²) < 4.78 is 16.8. The van der Waals surface area contributed by atoms with Crippen LogP contribution in [0, 0.1) is 6.92 Å². The van der Waals surface area contributed by atoms with Crippen molar-refractivity contribution < 1.29 is 18.7 Å². The molecule has 2 aromatic heterocycles. The fraction of sp³-hybridized carbons (Fsp3) is 0.150. The first-order chi connectivity index (χ1) is 12.7. The summed E-state index contributed by atoms with van der Waals surface area (Å²) in [6.07, 6.45) is 6.54. The first-order valence-electron chi connectivity index (χ1n) is 8.26. The van der Waals surface area contributed by atoms with Crippen LogP contribution in [-0.4, -0.2) is 16.0 Å². The van der Waals surface area contributed by atoms with Crippen LogP contribution < -0.4 is 9.47 Å². The molecule has 1 aliphatic heterocycles. The van der Waals surface area contributed by atoms with Gasteiger partial charge in [0.25, 0.3) is 0 Å². The van der Waals surface area contributed by atoms with E-state index < -0.39 is 0 Å². The van der Waals surface area contributed by atoms with Crippen molar-refractivity contribution in [3.05, 3.63) is 54.3 Å². The molecule has 6 nitrogen and oxygen atoms in total. The van der Waals surface area contributed by atoms with Crippen molar-refractivity contribution >= 4 is 22.8 Å². The summed E-state index contributed by atoms with van der Waals surface area (Å²) in [5.41, 5.74) is 1.95. The van der Waals surface area contributed by atoms with Crippen LogP contribution in [0.25, 0.3) is 28.3 Å². The van der Waals surface area contributed by atoms with E-state index in [1.165, 1.54) is 18.6 Å². The van der Waals surface area contributed by atoms with Crippen molar-refractivity contribution in [1.29, 1.82) is 0 Å². The van der Waals surface area contributed by atoms with E-state index in [2.05, 4.69) is 10.2 Å². The molecule has 1 aromatic carbocycles. The van der Waals surface area contributed by atoms with Gasteiger partial charge in [0.15, 0.2) is 17.3 Å². The standard InChI is InChI=1S/C20H16N2O4/c1-3-13(23)5-6-15-20(17-7-4-12(2)26-17)14-10-18-19(25-9-8-24-18)11-16(14)22-21-15/h4-11H,3H2,1-2H3/b6-5-. The lowest BCUT2D eigenvalue weighted by molar-refractivity contribution is -0.114. The lowest BCUT2D eigenvalue weighted by Crippen LogP contribution is -1.99. The Morgan fingerprint density at radius 1 is 1.12 bits per heavy atom. The molecule has 0 unspecified atom stereocenters. The molecule has 1 aliphatic rings. The Bertz CT molecular complexity index is 1060. The number of allylic oxidation sites excluding steroid dienone is 1. The number of ether oxygens (including phenoxy) is 2. The lowest BCUT2D eigenvalue weighted by atomic mass is 10.0. The highest BCUT2D eigenvalue weighted by molar-refractivity contribution is 6.00. The normalized spacial score (nSPS) is 12.8. The van der Waals surface area contributed by atoms with Gasteiger partial charge in [0.2, 0.25) is 0 Å². The molecule has 0 spiro atoms. The van der Waals surface area contributed by atoms with E-state index in [-0.39, 0.29) is 5.78 Å². The van der Waals surface area contributed by atoms with Crippen molar-refractivity contribution in [2.24, 2.45) is 0 Å². The summed E-state index contributed by atoms with van der Waals surface area (Å²) in [5.74, 6) is 2.60. The maximum atomic E-state index is 11.7. The number of furan rings is 1. The summed E-state index contributed by atoms with van der Waals surface area (Å²) in [6, 6.07) is 7.37. The number of hydrogen-bond donors (Lipinski definition) is 0. The van der Waals surface area contributed by atoms with Gasteiger partial charge >= 0.3 is 0 Å². The van der Waals surface area contributed by atoms with E-state index in [1.807, 2.05) is 32.0 Å².